The van der Waals surface area contributed by atoms with Crippen LogP contribution in [0.3, 0.4) is 0 Å². The van der Waals surface area contributed by atoms with Crippen molar-refractivity contribution in [1.29, 1.82) is 0 Å². The lowest BCUT2D eigenvalue weighted by Gasteiger charge is -1.88. The Morgan fingerprint density at radius 3 is 3.09 bits per heavy atom. The highest BCUT2D eigenvalue weighted by molar-refractivity contribution is 5.75. The van der Waals surface area contributed by atoms with Gasteiger partial charge >= 0.3 is 5.97 Å². The number of carboxylic acid groups (broad SMARTS) is 1. The van der Waals surface area contributed by atoms with Crippen molar-refractivity contribution in [2.75, 3.05) is 0 Å². The van der Waals surface area contributed by atoms with E-state index in [1.54, 1.807) is 12.4 Å². The Labute approximate surface area is 63.2 Å². The minimum Gasteiger partial charge on any atom is -0.481 e. The van der Waals surface area contributed by atoms with Gasteiger partial charge in [0.05, 0.1) is 12.1 Å². The monoisotopic (exact) mass is 152 g/mol. The van der Waals surface area contributed by atoms with Gasteiger partial charge in [-0.2, -0.15) is 5.10 Å². The van der Waals surface area contributed by atoms with Crippen LogP contribution in [-0.4, -0.2) is 21.3 Å². The second kappa shape index (κ2) is 2.08. The fraction of sp³-hybridized carbons (Fsp3) is 0.429. The van der Waals surface area contributed by atoms with E-state index in [1.165, 1.54) is 0 Å². The number of carboxylic acids is 1. The van der Waals surface area contributed by atoms with Crippen LogP contribution in [0, 0.1) is 5.92 Å². The molecule has 2 rings (SSSR count). The molecule has 1 aromatic heterocycles. The van der Waals surface area contributed by atoms with Crippen LogP contribution in [0.5, 0.6) is 0 Å². The van der Waals surface area contributed by atoms with Crippen LogP contribution in [0.25, 0.3) is 0 Å². The van der Waals surface area contributed by atoms with E-state index in [4.69, 9.17) is 5.11 Å². The van der Waals surface area contributed by atoms with Crippen molar-refractivity contribution >= 4 is 5.97 Å². The molecular weight excluding hydrogens is 144 g/mol. The maximum absolute atomic E-state index is 10.4. The van der Waals surface area contributed by atoms with Gasteiger partial charge in [0, 0.05) is 12.1 Å². The smallest absolute Gasteiger partial charge is 0.307 e. The lowest BCUT2D eigenvalue weighted by atomic mass is 10.2. The Balaban J connectivity index is 2.08. The van der Waals surface area contributed by atoms with E-state index in [9.17, 15) is 4.79 Å². The number of aromatic nitrogens is 2. The van der Waals surface area contributed by atoms with E-state index in [1.807, 2.05) is 0 Å². The molecule has 2 atom stereocenters. The Hall–Kier alpha value is -1.32. The van der Waals surface area contributed by atoms with Gasteiger partial charge in [0.1, 0.15) is 0 Å². The van der Waals surface area contributed by atoms with Gasteiger partial charge in [-0.15, -0.1) is 0 Å². The molecule has 0 spiro atoms. The number of nitrogens with one attached hydrogen (secondary N) is 1. The highest BCUT2D eigenvalue weighted by Crippen LogP contribution is 2.46. The molecule has 0 amide bonds. The van der Waals surface area contributed by atoms with Gasteiger partial charge in [-0.3, -0.25) is 9.89 Å². The number of hydrogen-bond acceptors (Lipinski definition) is 2. The third kappa shape index (κ3) is 1.00. The summed E-state index contributed by atoms with van der Waals surface area (Å²) in [7, 11) is 0. The van der Waals surface area contributed by atoms with Gasteiger partial charge in [0.15, 0.2) is 0 Å². The van der Waals surface area contributed by atoms with E-state index in [0.717, 1.165) is 12.0 Å². The zero-order valence-corrected chi connectivity index (χ0v) is 5.82. The topological polar surface area (TPSA) is 66.0 Å². The molecule has 1 aromatic rings. The Morgan fingerprint density at radius 2 is 2.64 bits per heavy atom. The average molecular weight is 152 g/mol. The van der Waals surface area contributed by atoms with Crippen LogP contribution in [0.2, 0.25) is 0 Å². The molecule has 0 bridgehead atoms. The number of nitrogens with zero attached hydrogens (tertiary/aromatic N) is 1. The molecule has 1 heterocycles. The Bertz CT molecular complexity index is 268. The maximum atomic E-state index is 10.4. The molecule has 58 valence electrons. The molecule has 1 saturated carbocycles. The number of rotatable bonds is 2. The molecule has 0 aliphatic heterocycles. The van der Waals surface area contributed by atoms with E-state index in [2.05, 4.69) is 10.2 Å². The zero-order valence-electron chi connectivity index (χ0n) is 5.82. The molecule has 4 heteroatoms. The second-order valence-corrected chi connectivity index (χ2v) is 2.82. The first-order valence-electron chi connectivity index (χ1n) is 3.50. The molecular formula is C7H8N2O2. The summed E-state index contributed by atoms with van der Waals surface area (Å²) in [6, 6.07) is 0. The molecule has 4 nitrogen and oxygen atoms in total. The number of aliphatic carboxylic acids is 1. The fourth-order valence-electron chi connectivity index (χ4n) is 1.30. The van der Waals surface area contributed by atoms with Crippen LogP contribution in [-0.2, 0) is 4.79 Å². The minimum atomic E-state index is -0.698. The van der Waals surface area contributed by atoms with Crippen LogP contribution in [0.1, 0.15) is 17.9 Å². The molecule has 1 aliphatic rings. The minimum absolute atomic E-state index is 0.174. The first kappa shape index (κ1) is 6.39. The van der Waals surface area contributed by atoms with Crippen molar-refractivity contribution in [3.8, 4) is 0 Å². The number of aromatic amines is 1. The number of carbonyl (C=O) groups is 1. The van der Waals surface area contributed by atoms with E-state index in [-0.39, 0.29) is 11.8 Å². The van der Waals surface area contributed by atoms with Crippen molar-refractivity contribution in [2.45, 2.75) is 12.3 Å². The van der Waals surface area contributed by atoms with Gasteiger partial charge in [0.25, 0.3) is 0 Å². The number of H-pyrrole nitrogens is 1. The first-order valence-corrected chi connectivity index (χ1v) is 3.50. The van der Waals surface area contributed by atoms with Crippen LogP contribution >= 0.6 is 0 Å². The third-order valence-corrected chi connectivity index (χ3v) is 2.06. The summed E-state index contributed by atoms with van der Waals surface area (Å²) in [6.07, 6.45) is 4.20. The molecule has 0 radical (unpaired) electrons. The summed E-state index contributed by atoms with van der Waals surface area (Å²) >= 11 is 0. The first-order chi connectivity index (χ1) is 5.29. The maximum Gasteiger partial charge on any atom is 0.307 e. The second-order valence-electron chi connectivity index (χ2n) is 2.82. The molecule has 2 N–H and O–H groups in total. The van der Waals surface area contributed by atoms with Gasteiger partial charge in [0.2, 0.25) is 0 Å². The number of hydrogen-bond donors (Lipinski definition) is 2. The summed E-state index contributed by atoms with van der Waals surface area (Å²) in [6.45, 7) is 0. The van der Waals surface area contributed by atoms with Crippen LogP contribution in [0.4, 0.5) is 0 Å². The van der Waals surface area contributed by atoms with E-state index < -0.39 is 5.97 Å². The molecule has 0 aromatic carbocycles. The quantitative estimate of drug-likeness (QED) is 0.652. The van der Waals surface area contributed by atoms with Crippen molar-refractivity contribution in [1.82, 2.24) is 10.2 Å². The lowest BCUT2D eigenvalue weighted by molar-refractivity contribution is -0.138. The molecule has 0 unspecified atom stereocenters. The standard InChI is InChI=1S/C7H8N2O2/c10-7(11)6-1-5(6)4-2-8-9-3-4/h2-3,5-6H,1H2,(H,8,9)(H,10,11)/t5-,6+/m0/s1. The van der Waals surface area contributed by atoms with E-state index in [0.29, 0.717) is 0 Å². The Morgan fingerprint density at radius 1 is 1.82 bits per heavy atom. The molecule has 11 heavy (non-hydrogen) atoms. The van der Waals surface area contributed by atoms with Crippen LogP contribution < -0.4 is 0 Å². The summed E-state index contributed by atoms with van der Waals surface area (Å²) in [5, 5.41) is 15.0. The lowest BCUT2D eigenvalue weighted by Crippen LogP contribution is -1.98. The van der Waals surface area contributed by atoms with Gasteiger partial charge in [-0.1, -0.05) is 0 Å². The van der Waals surface area contributed by atoms with E-state index >= 15 is 0 Å². The van der Waals surface area contributed by atoms with Gasteiger partial charge in [-0.05, 0) is 12.0 Å². The van der Waals surface area contributed by atoms with Gasteiger partial charge in [-0.25, -0.2) is 0 Å². The highest BCUT2D eigenvalue weighted by atomic mass is 16.4. The highest BCUT2D eigenvalue weighted by Gasteiger charge is 2.44. The third-order valence-electron chi connectivity index (χ3n) is 2.06. The normalized spacial score (nSPS) is 28.4. The van der Waals surface area contributed by atoms with Gasteiger partial charge < -0.3 is 5.11 Å². The summed E-state index contributed by atoms with van der Waals surface area (Å²) in [5.41, 5.74) is 1.01. The summed E-state index contributed by atoms with van der Waals surface area (Å²) < 4.78 is 0. The van der Waals surface area contributed by atoms with Crippen molar-refractivity contribution in [3.05, 3.63) is 18.0 Å². The SMILES string of the molecule is O=C(O)[C@@H]1C[C@H]1c1cn[nH]c1. The largest absolute Gasteiger partial charge is 0.481 e. The van der Waals surface area contributed by atoms with Crippen molar-refractivity contribution < 1.29 is 9.90 Å². The molecule has 1 aliphatic carbocycles. The zero-order chi connectivity index (χ0) is 7.84. The summed E-state index contributed by atoms with van der Waals surface area (Å²) in [4.78, 5) is 10.4. The molecule has 1 fully saturated rings. The predicted molar refractivity (Wildman–Crippen MR) is 37.1 cm³/mol. The predicted octanol–water partition coefficient (Wildman–Crippen LogP) is 0.598. The Kier molecular flexibility index (Phi) is 1.21. The van der Waals surface area contributed by atoms with Crippen LogP contribution in [0.15, 0.2) is 12.4 Å². The fourth-order valence-corrected chi connectivity index (χ4v) is 1.30. The average Bonchev–Trinajstić information content (AvgIpc) is 2.60. The van der Waals surface area contributed by atoms with Crippen molar-refractivity contribution in [2.24, 2.45) is 5.92 Å². The van der Waals surface area contributed by atoms with Crippen molar-refractivity contribution in [3.63, 3.8) is 0 Å². The molecule has 0 saturated heterocycles. The summed E-state index contributed by atoms with van der Waals surface area (Å²) in [5.74, 6) is -0.671.